The highest BCUT2D eigenvalue weighted by Crippen LogP contribution is 2.39. The highest BCUT2D eigenvalue weighted by molar-refractivity contribution is 7.16. The molecule has 1 atom stereocenters. The van der Waals surface area contributed by atoms with Crippen LogP contribution in [0.1, 0.15) is 64.8 Å². The number of hydrogen-bond donors (Lipinski definition) is 1. The van der Waals surface area contributed by atoms with Crippen molar-refractivity contribution in [3.63, 3.8) is 0 Å². The van der Waals surface area contributed by atoms with Gasteiger partial charge in [0.1, 0.15) is 16.9 Å². The Balaban J connectivity index is 1.28. The van der Waals surface area contributed by atoms with E-state index in [1.165, 1.54) is 17.4 Å². The van der Waals surface area contributed by atoms with Gasteiger partial charge in [0, 0.05) is 17.8 Å². The van der Waals surface area contributed by atoms with Crippen molar-refractivity contribution in [3.05, 3.63) is 55.9 Å². The van der Waals surface area contributed by atoms with Gasteiger partial charge in [0.2, 0.25) is 0 Å². The lowest BCUT2D eigenvalue weighted by Crippen LogP contribution is -2.25. The minimum Gasteiger partial charge on any atom is -0.452 e. The van der Waals surface area contributed by atoms with Crippen molar-refractivity contribution < 1.29 is 14.3 Å². The number of ether oxygens (including phenoxy) is 1. The Hall–Kier alpha value is -3.51. The molecule has 2 aromatic heterocycles. The topological polar surface area (TPSA) is 114 Å². The zero-order valence-corrected chi connectivity index (χ0v) is 20.4. The number of aryl methyl sites for hydroxylation is 1. The molecule has 1 unspecified atom stereocenters. The molecule has 1 amide bonds. The van der Waals surface area contributed by atoms with Gasteiger partial charge in [-0.15, -0.1) is 11.3 Å². The molecule has 8 nitrogen and oxygen atoms in total. The fourth-order valence-electron chi connectivity index (χ4n) is 4.88. The molecular weight excluding hydrogens is 464 g/mol. The van der Waals surface area contributed by atoms with E-state index in [4.69, 9.17) is 4.74 Å². The lowest BCUT2D eigenvalue weighted by Gasteiger charge is -2.17. The summed E-state index contributed by atoms with van der Waals surface area (Å²) < 4.78 is 6.96. The average Bonchev–Trinajstić information content (AvgIpc) is 3.00. The number of nitrogens with zero attached hydrogens (tertiary/aromatic N) is 3. The second kappa shape index (κ2) is 9.62. The maximum Gasteiger partial charge on any atom is 0.338 e. The zero-order valence-electron chi connectivity index (χ0n) is 19.6. The summed E-state index contributed by atoms with van der Waals surface area (Å²) in [6.45, 7) is 2.37. The zero-order chi connectivity index (χ0) is 24.5. The molecule has 180 valence electrons. The molecule has 3 aromatic rings. The molecule has 1 aliphatic carbocycles. The molecule has 35 heavy (non-hydrogen) atoms. The van der Waals surface area contributed by atoms with E-state index in [1.54, 1.807) is 16.7 Å². The fourth-order valence-corrected chi connectivity index (χ4v) is 6.26. The van der Waals surface area contributed by atoms with Crippen LogP contribution in [0.5, 0.6) is 0 Å². The number of nitrogens with one attached hydrogen (secondary N) is 1. The number of aromatic nitrogens is 2. The summed E-state index contributed by atoms with van der Waals surface area (Å²) in [6.07, 6.45) is 6.49. The number of anilines is 1. The van der Waals surface area contributed by atoms with Crippen LogP contribution in [0, 0.1) is 17.2 Å². The Morgan fingerprint density at radius 2 is 2.14 bits per heavy atom. The first kappa shape index (κ1) is 23.2. The van der Waals surface area contributed by atoms with Crippen LogP contribution < -0.4 is 10.9 Å². The number of amides is 1. The van der Waals surface area contributed by atoms with Crippen LogP contribution in [-0.2, 0) is 35.3 Å². The summed E-state index contributed by atoms with van der Waals surface area (Å²) in [4.78, 5) is 43.8. The molecule has 0 bridgehead atoms. The highest BCUT2D eigenvalue weighted by atomic mass is 32.1. The Labute approximate surface area is 206 Å². The minimum absolute atomic E-state index is 0.0902. The van der Waals surface area contributed by atoms with Crippen molar-refractivity contribution in [1.82, 2.24) is 9.55 Å². The maximum atomic E-state index is 12.9. The number of benzene rings is 1. The molecule has 9 heteroatoms. The second-order valence-electron chi connectivity index (χ2n) is 9.32. The summed E-state index contributed by atoms with van der Waals surface area (Å²) in [6, 6.07) is 6.88. The largest absolute Gasteiger partial charge is 0.452 e. The van der Waals surface area contributed by atoms with Gasteiger partial charge in [-0.25, -0.2) is 9.78 Å². The van der Waals surface area contributed by atoms with Crippen molar-refractivity contribution in [1.29, 1.82) is 5.26 Å². The number of rotatable bonds is 4. The number of esters is 1. The second-order valence-corrected chi connectivity index (χ2v) is 10.4. The molecular formula is C26H26N4O4S. The normalized spacial score (nSPS) is 17.1. The first-order valence-electron chi connectivity index (χ1n) is 12.0. The highest BCUT2D eigenvalue weighted by Gasteiger charge is 2.25. The molecule has 1 aliphatic heterocycles. The number of thiophene rings is 1. The molecule has 0 radical (unpaired) electrons. The van der Waals surface area contributed by atoms with Gasteiger partial charge in [-0.3, -0.25) is 14.2 Å². The van der Waals surface area contributed by atoms with Gasteiger partial charge >= 0.3 is 5.97 Å². The van der Waals surface area contributed by atoms with Crippen LogP contribution in [0.3, 0.4) is 0 Å². The van der Waals surface area contributed by atoms with Crippen LogP contribution in [0.25, 0.3) is 10.9 Å². The number of carbonyl (C=O) groups is 2. The number of hydrogen-bond acceptors (Lipinski definition) is 7. The molecule has 1 N–H and O–H groups in total. The Bertz CT molecular complexity index is 1430. The van der Waals surface area contributed by atoms with Crippen LogP contribution in [0.15, 0.2) is 23.0 Å². The predicted molar refractivity (Wildman–Crippen MR) is 133 cm³/mol. The number of nitriles is 1. The third kappa shape index (κ3) is 4.58. The van der Waals surface area contributed by atoms with Gasteiger partial charge in [0.15, 0.2) is 6.61 Å². The monoisotopic (exact) mass is 490 g/mol. The molecule has 5 rings (SSSR count). The molecule has 1 aromatic carbocycles. The van der Waals surface area contributed by atoms with E-state index >= 15 is 0 Å². The third-order valence-corrected chi connectivity index (χ3v) is 7.93. The first-order chi connectivity index (χ1) is 16.9. The standard InChI is InChI=1S/C26H26N4O4S/c1-15-6-8-17-19(13-27)24(35-21(17)11-15)29-23(31)14-34-26(33)16-7-9-18-20(12-16)28-22-5-3-2-4-10-30(22)25(18)32/h7,9,12,15H,2-6,8,10-11,14H2,1H3,(H,29,31). The quantitative estimate of drug-likeness (QED) is 0.554. The van der Waals surface area contributed by atoms with Crippen LogP contribution >= 0.6 is 11.3 Å². The van der Waals surface area contributed by atoms with E-state index in [0.29, 0.717) is 33.9 Å². The van der Waals surface area contributed by atoms with Crippen molar-refractivity contribution in [2.24, 2.45) is 5.92 Å². The molecule has 0 spiro atoms. The van der Waals surface area contributed by atoms with E-state index in [9.17, 15) is 19.6 Å². The Morgan fingerprint density at radius 3 is 2.97 bits per heavy atom. The van der Waals surface area contributed by atoms with Gasteiger partial charge in [-0.1, -0.05) is 13.3 Å². The molecule has 0 saturated heterocycles. The third-order valence-electron chi connectivity index (χ3n) is 6.76. The molecule has 0 fully saturated rings. The molecule has 3 heterocycles. The van der Waals surface area contributed by atoms with Crippen molar-refractivity contribution in [2.75, 3.05) is 11.9 Å². The van der Waals surface area contributed by atoms with Crippen molar-refractivity contribution >= 4 is 39.1 Å². The average molecular weight is 491 g/mol. The summed E-state index contributed by atoms with van der Waals surface area (Å²) >= 11 is 1.43. The summed E-state index contributed by atoms with van der Waals surface area (Å²) in [5.41, 5.74) is 2.14. The lowest BCUT2D eigenvalue weighted by molar-refractivity contribution is -0.119. The smallest absolute Gasteiger partial charge is 0.338 e. The number of carbonyl (C=O) groups excluding carboxylic acids is 2. The van der Waals surface area contributed by atoms with Gasteiger partial charge < -0.3 is 10.1 Å². The van der Waals surface area contributed by atoms with E-state index in [0.717, 1.165) is 61.2 Å². The Morgan fingerprint density at radius 1 is 1.29 bits per heavy atom. The van der Waals surface area contributed by atoms with Crippen LogP contribution in [-0.4, -0.2) is 28.0 Å². The summed E-state index contributed by atoms with van der Waals surface area (Å²) in [5, 5.41) is 13.3. The summed E-state index contributed by atoms with van der Waals surface area (Å²) in [5.74, 6) is 0.133. The predicted octanol–water partition coefficient (Wildman–Crippen LogP) is 3.98. The van der Waals surface area contributed by atoms with E-state index in [-0.39, 0.29) is 11.1 Å². The van der Waals surface area contributed by atoms with Gasteiger partial charge in [-0.2, -0.15) is 5.26 Å². The van der Waals surface area contributed by atoms with E-state index < -0.39 is 18.5 Å². The SMILES string of the molecule is CC1CCc2c(sc(NC(=O)COC(=O)c3ccc4c(=O)n5c(nc4c3)CCCCC5)c2C#N)C1. The fraction of sp³-hybridized carbons (Fsp3) is 0.423. The number of fused-ring (bicyclic) bond motifs is 3. The Kier molecular flexibility index (Phi) is 6.39. The van der Waals surface area contributed by atoms with E-state index in [2.05, 4.69) is 23.3 Å². The summed E-state index contributed by atoms with van der Waals surface area (Å²) in [7, 11) is 0. The molecule has 0 saturated carbocycles. The lowest BCUT2D eigenvalue weighted by atomic mass is 9.89. The van der Waals surface area contributed by atoms with E-state index in [1.807, 2.05) is 0 Å². The van der Waals surface area contributed by atoms with Gasteiger partial charge in [0.05, 0.1) is 22.0 Å². The molecule has 2 aliphatic rings. The van der Waals surface area contributed by atoms with Gasteiger partial charge in [0.25, 0.3) is 11.5 Å². The van der Waals surface area contributed by atoms with Crippen molar-refractivity contribution in [3.8, 4) is 6.07 Å². The van der Waals surface area contributed by atoms with Gasteiger partial charge in [-0.05, 0) is 61.8 Å². The van der Waals surface area contributed by atoms with Crippen molar-refractivity contribution in [2.45, 2.75) is 58.4 Å². The maximum absolute atomic E-state index is 12.9. The minimum atomic E-state index is -0.668. The first-order valence-corrected chi connectivity index (χ1v) is 12.8. The van der Waals surface area contributed by atoms with Crippen LogP contribution in [0.2, 0.25) is 0 Å². The van der Waals surface area contributed by atoms with Crippen LogP contribution in [0.4, 0.5) is 5.00 Å².